The fraction of sp³-hybridized carbons (Fsp3) is 0.280. The molecule has 0 bridgehead atoms. The van der Waals surface area contributed by atoms with Crippen LogP contribution in [0.3, 0.4) is 0 Å². The highest BCUT2D eigenvalue weighted by Crippen LogP contribution is 2.30. The maximum atomic E-state index is 13.7. The first-order chi connectivity index (χ1) is 16.9. The number of anilines is 1. The van der Waals surface area contributed by atoms with E-state index in [-0.39, 0.29) is 31.5 Å². The third-order valence-corrected chi connectivity index (χ3v) is 6.08. The summed E-state index contributed by atoms with van der Waals surface area (Å²) in [4.78, 5) is 46.2. The molecule has 0 saturated carbocycles. The van der Waals surface area contributed by atoms with Gasteiger partial charge in [0.2, 0.25) is 0 Å². The van der Waals surface area contributed by atoms with Crippen LogP contribution in [0.25, 0.3) is 5.69 Å². The number of rotatable bonds is 4. The van der Waals surface area contributed by atoms with Gasteiger partial charge in [-0.2, -0.15) is 10.6 Å². The van der Waals surface area contributed by atoms with E-state index < -0.39 is 12.0 Å². The van der Waals surface area contributed by atoms with Gasteiger partial charge in [0.1, 0.15) is 0 Å². The van der Waals surface area contributed by atoms with Crippen LogP contribution in [0.5, 0.6) is 0 Å². The Balaban J connectivity index is 1.59. The molecule has 2 heterocycles. The number of amides is 3. The zero-order valence-electron chi connectivity index (χ0n) is 19.5. The van der Waals surface area contributed by atoms with Gasteiger partial charge in [0.05, 0.1) is 16.3 Å². The van der Waals surface area contributed by atoms with Crippen molar-refractivity contribution in [2.75, 3.05) is 11.4 Å². The second kappa shape index (κ2) is 10.6. The molecule has 1 aromatic heterocycles. The Hall–Kier alpha value is -3.85. The zero-order chi connectivity index (χ0) is 24.9. The molecule has 10 heteroatoms. The Bertz CT molecular complexity index is 1230. The lowest BCUT2D eigenvalue weighted by molar-refractivity contribution is -0.149. The summed E-state index contributed by atoms with van der Waals surface area (Å²) in [5, 5.41) is 4.49. The summed E-state index contributed by atoms with van der Waals surface area (Å²) in [6.07, 6.45) is 4.28. The highest BCUT2D eigenvalue weighted by atomic mass is 35.5. The molecule has 2 aromatic carbocycles. The van der Waals surface area contributed by atoms with E-state index in [1.807, 2.05) is 38.1 Å². The first-order valence-corrected chi connectivity index (χ1v) is 11.7. The minimum Gasteiger partial charge on any atom is -0.339 e. The summed E-state index contributed by atoms with van der Waals surface area (Å²) >= 11 is 6.53. The van der Waals surface area contributed by atoms with Crippen LogP contribution in [-0.4, -0.2) is 45.2 Å². The Morgan fingerprint density at radius 3 is 2.69 bits per heavy atom. The molecule has 4 rings (SSSR count). The second-order valence-electron chi connectivity index (χ2n) is 8.27. The number of hydrogen-bond acceptors (Lipinski definition) is 5. The number of urea groups is 1. The van der Waals surface area contributed by atoms with Crippen molar-refractivity contribution in [3.63, 3.8) is 0 Å². The van der Waals surface area contributed by atoms with Crippen molar-refractivity contribution in [1.82, 2.24) is 20.2 Å². The minimum atomic E-state index is -0.548. The molecule has 0 saturated heterocycles. The standard InChI is InChI=1S/C25H26ClN5O4/c1-3-7-23(32)35-28-25(34)29-16-18-8-4-5-9-22(18)30(15-17(29)2)24(33)20-11-10-19(14-21(20)26)31-13-6-12-27-31/h4-6,8-14,17H,3,7,15-16H2,1-2H3,(H,28,34). The first-order valence-electron chi connectivity index (χ1n) is 11.3. The number of para-hydroxylation sites is 1. The van der Waals surface area contributed by atoms with Gasteiger partial charge >= 0.3 is 12.0 Å². The minimum absolute atomic E-state index is 0.209. The molecule has 182 valence electrons. The third kappa shape index (κ3) is 5.30. The molecule has 1 atom stereocenters. The van der Waals surface area contributed by atoms with E-state index in [0.29, 0.717) is 22.7 Å². The van der Waals surface area contributed by atoms with Crippen molar-refractivity contribution in [3.05, 3.63) is 77.1 Å². The van der Waals surface area contributed by atoms with Gasteiger partial charge < -0.3 is 14.6 Å². The van der Waals surface area contributed by atoms with Gasteiger partial charge in [0, 0.05) is 43.6 Å². The topological polar surface area (TPSA) is 96.8 Å². The fourth-order valence-electron chi connectivity index (χ4n) is 3.97. The molecule has 0 aliphatic carbocycles. The number of nitrogens with zero attached hydrogens (tertiary/aromatic N) is 4. The highest BCUT2D eigenvalue weighted by molar-refractivity contribution is 6.34. The summed E-state index contributed by atoms with van der Waals surface area (Å²) in [6, 6.07) is 13.4. The Kier molecular flexibility index (Phi) is 7.36. The van der Waals surface area contributed by atoms with Crippen molar-refractivity contribution in [2.24, 2.45) is 0 Å². The van der Waals surface area contributed by atoms with Crippen LogP contribution in [-0.2, 0) is 16.2 Å². The van der Waals surface area contributed by atoms with E-state index in [0.717, 1.165) is 11.3 Å². The average Bonchev–Trinajstić information content (AvgIpc) is 3.34. The number of carbonyl (C=O) groups is 3. The lowest BCUT2D eigenvalue weighted by Gasteiger charge is -2.29. The van der Waals surface area contributed by atoms with E-state index in [2.05, 4.69) is 10.6 Å². The quantitative estimate of drug-likeness (QED) is 0.543. The monoisotopic (exact) mass is 495 g/mol. The zero-order valence-corrected chi connectivity index (χ0v) is 20.2. The Labute approximate surface area is 208 Å². The van der Waals surface area contributed by atoms with E-state index >= 15 is 0 Å². The lowest BCUT2D eigenvalue weighted by atomic mass is 10.1. The number of hydroxylamine groups is 1. The van der Waals surface area contributed by atoms with Crippen LogP contribution in [0.4, 0.5) is 10.5 Å². The maximum Gasteiger partial charge on any atom is 0.351 e. The maximum absolute atomic E-state index is 13.7. The van der Waals surface area contributed by atoms with E-state index in [1.54, 1.807) is 46.2 Å². The van der Waals surface area contributed by atoms with Crippen LogP contribution >= 0.6 is 11.6 Å². The van der Waals surface area contributed by atoms with Gasteiger partial charge in [-0.25, -0.2) is 14.3 Å². The normalized spacial score (nSPS) is 15.2. The predicted octanol–water partition coefficient (Wildman–Crippen LogP) is 4.34. The predicted molar refractivity (Wildman–Crippen MR) is 131 cm³/mol. The summed E-state index contributed by atoms with van der Waals surface area (Å²) in [5.41, 5.74) is 4.79. The van der Waals surface area contributed by atoms with E-state index in [1.165, 1.54) is 4.90 Å². The number of nitrogens with one attached hydrogen (secondary N) is 1. The summed E-state index contributed by atoms with van der Waals surface area (Å²) in [6.45, 7) is 4.15. The number of carbonyl (C=O) groups excluding carboxylic acids is 3. The number of halogens is 1. The third-order valence-electron chi connectivity index (χ3n) is 5.77. The molecule has 1 N–H and O–H groups in total. The first kappa shape index (κ1) is 24.3. The van der Waals surface area contributed by atoms with Crippen molar-refractivity contribution >= 4 is 35.2 Å². The Morgan fingerprint density at radius 2 is 1.97 bits per heavy atom. The molecule has 1 aliphatic rings. The summed E-state index contributed by atoms with van der Waals surface area (Å²) in [5.74, 6) is -0.785. The molecule has 0 fully saturated rings. The molecule has 3 aromatic rings. The van der Waals surface area contributed by atoms with Crippen molar-refractivity contribution in [2.45, 2.75) is 39.3 Å². The number of benzene rings is 2. The van der Waals surface area contributed by atoms with Gasteiger partial charge in [-0.15, -0.1) is 0 Å². The van der Waals surface area contributed by atoms with E-state index in [4.69, 9.17) is 16.4 Å². The van der Waals surface area contributed by atoms with Gasteiger partial charge in [0.25, 0.3) is 5.91 Å². The molecule has 9 nitrogen and oxygen atoms in total. The molecular formula is C25H26ClN5O4. The average molecular weight is 496 g/mol. The lowest BCUT2D eigenvalue weighted by Crippen LogP contribution is -2.48. The van der Waals surface area contributed by atoms with Gasteiger partial charge in [-0.05, 0) is 49.2 Å². The highest BCUT2D eigenvalue weighted by Gasteiger charge is 2.32. The fourth-order valence-corrected chi connectivity index (χ4v) is 4.23. The second-order valence-corrected chi connectivity index (χ2v) is 8.67. The molecule has 3 amide bonds. The van der Waals surface area contributed by atoms with Gasteiger partial charge in [0.15, 0.2) is 0 Å². The number of fused-ring (bicyclic) bond motifs is 1. The smallest absolute Gasteiger partial charge is 0.339 e. The largest absolute Gasteiger partial charge is 0.351 e. The van der Waals surface area contributed by atoms with Crippen molar-refractivity contribution in [1.29, 1.82) is 0 Å². The molecule has 0 spiro atoms. The summed E-state index contributed by atoms with van der Waals surface area (Å²) in [7, 11) is 0. The molecule has 0 radical (unpaired) electrons. The number of aromatic nitrogens is 2. The van der Waals surface area contributed by atoms with E-state index in [9.17, 15) is 14.4 Å². The van der Waals surface area contributed by atoms with Crippen LogP contribution < -0.4 is 10.4 Å². The Morgan fingerprint density at radius 1 is 1.17 bits per heavy atom. The number of hydrogen-bond donors (Lipinski definition) is 1. The molecule has 35 heavy (non-hydrogen) atoms. The van der Waals surface area contributed by atoms with Crippen LogP contribution in [0, 0.1) is 0 Å². The van der Waals surface area contributed by atoms with Crippen molar-refractivity contribution in [3.8, 4) is 5.69 Å². The summed E-state index contributed by atoms with van der Waals surface area (Å²) < 4.78 is 1.66. The SMILES string of the molecule is CCCC(=O)ONC(=O)N1Cc2ccccc2N(C(=O)c2ccc(-n3cccn3)cc2Cl)CC1C. The van der Waals surface area contributed by atoms with Crippen LogP contribution in [0.1, 0.15) is 42.6 Å². The van der Waals surface area contributed by atoms with Gasteiger partial charge in [-0.3, -0.25) is 4.79 Å². The van der Waals surface area contributed by atoms with Crippen LogP contribution in [0.2, 0.25) is 5.02 Å². The molecular weight excluding hydrogens is 470 g/mol. The molecule has 1 unspecified atom stereocenters. The van der Waals surface area contributed by atoms with Crippen LogP contribution in [0.15, 0.2) is 60.9 Å². The van der Waals surface area contributed by atoms with Gasteiger partial charge in [-0.1, -0.05) is 36.7 Å². The molecule has 1 aliphatic heterocycles. The van der Waals surface area contributed by atoms with Crippen molar-refractivity contribution < 1.29 is 19.2 Å².